The molecule has 2 aromatic carbocycles. The number of hydrogen-bond acceptors (Lipinski definition) is 2. The fraction of sp³-hybridized carbons (Fsp3) is 0.409. The Morgan fingerprint density at radius 2 is 1.72 bits per heavy atom. The number of nitrogens with zero attached hydrogens (tertiary/aromatic N) is 2. The smallest absolute Gasteiger partial charge is 0.363 e. The lowest BCUT2D eigenvalue weighted by Gasteiger charge is -2.31. The fourth-order valence-electron chi connectivity index (χ4n) is 4.53. The third-order valence-electron chi connectivity index (χ3n) is 5.87. The van der Waals surface area contributed by atoms with E-state index in [9.17, 15) is 18.0 Å². The molecule has 2 aromatic rings. The molecule has 0 radical (unpaired) electrons. The first-order valence-corrected chi connectivity index (χ1v) is 10.2. The summed E-state index contributed by atoms with van der Waals surface area (Å²) >= 11 is 6.62. The topological polar surface area (TPSA) is 23.6 Å². The third-order valence-corrected chi connectivity index (χ3v) is 6.17. The zero-order chi connectivity index (χ0) is 20.6. The Hall–Kier alpha value is -2.21. The van der Waals surface area contributed by atoms with Gasteiger partial charge in [0, 0.05) is 19.6 Å². The van der Waals surface area contributed by atoms with Crippen LogP contribution in [0.25, 0.3) is 0 Å². The number of amides is 1. The number of carbonyl (C=O) groups is 1. The summed E-state index contributed by atoms with van der Waals surface area (Å²) in [6, 6.07) is 14.1. The van der Waals surface area contributed by atoms with Crippen molar-refractivity contribution in [2.75, 3.05) is 24.5 Å². The minimum absolute atomic E-state index is 0.0442. The maximum atomic E-state index is 12.9. The van der Waals surface area contributed by atoms with Crippen molar-refractivity contribution in [2.24, 2.45) is 0 Å². The van der Waals surface area contributed by atoms with Gasteiger partial charge in [-0.1, -0.05) is 48.0 Å². The predicted octanol–water partition coefficient (Wildman–Crippen LogP) is 5.17. The number of halogens is 4. The van der Waals surface area contributed by atoms with E-state index in [2.05, 4.69) is 17.0 Å². The number of carbonyl (C=O) groups excluding carboxylic acids is 1. The van der Waals surface area contributed by atoms with Crippen LogP contribution < -0.4 is 4.90 Å². The zero-order valence-corrected chi connectivity index (χ0v) is 16.6. The highest BCUT2D eigenvalue weighted by Crippen LogP contribution is 2.43. The van der Waals surface area contributed by atoms with Crippen LogP contribution >= 0.6 is 11.6 Å². The van der Waals surface area contributed by atoms with Crippen LogP contribution in [0.3, 0.4) is 0 Å². The van der Waals surface area contributed by atoms with Crippen molar-refractivity contribution < 1.29 is 18.0 Å². The van der Waals surface area contributed by atoms with Crippen LogP contribution in [-0.4, -0.2) is 36.6 Å². The molecule has 7 heteroatoms. The van der Waals surface area contributed by atoms with Crippen LogP contribution in [0.5, 0.6) is 0 Å². The maximum Gasteiger partial charge on any atom is 0.471 e. The van der Waals surface area contributed by atoms with Gasteiger partial charge in [-0.05, 0) is 48.4 Å². The summed E-state index contributed by atoms with van der Waals surface area (Å²) in [6.45, 7) is 0.956. The average Bonchev–Trinajstić information content (AvgIpc) is 3.07. The molecule has 1 saturated heterocycles. The van der Waals surface area contributed by atoms with Crippen LogP contribution in [-0.2, 0) is 17.6 Å². The fourth-order valence-corrected chi connectivity index (χ4v) is 4.81. The molecule has 4 rings (SSSR count). The first-order chi connectivity index (χ1) is 13.9. The molecule has 1 amide bonds. The van der Waals surface area contributed by atoms with Gasteiger partial charge in [0.25, 0.3) is 0 Å². The van der Waals surface area contributed by atoms with Crippen molar-refractivity contribution in [1.82, 2.24) is 4.90 Å². The van der Waals surface area contributed by atoms with Crippen LogP contribution in [0.4, 0.5) is 18.9 Å². The van der Waals surface area contributed by atoms with Gasteiger partial charge in [0.1, 0.15) is 0 Å². The molecule has 29 heavy (non-hydrogen) atoms. The van der Waals surface area contributed by atoms with Gasteiger partial charge in [-0.2, -0.15) is 13.2 Å². The van der Waals surface area contributed by atoms with Gasteiger partial charge in [0.05, 0.1) is 16.8 Å². The summed E-state index contributed by atoms with van der Waals surface area (Å²) in [7, 11) is 0. The lowest BCUT2D eigenvalue weighted by atomic mass is 9.98. The molecule has 0 aliphatic carbocycles. The second-order valence-electron chi connectivity index (χ2n) is 7.59. The van der Waals surface area contributed by atoms with Gasteiger partial charge >= 0.3 is 12.1 Å². The Morgan fingerprint density at radius 3 is 2.45 bits per heavy atom. The molecule has 2 aliphatic rings. The van der Waals surface area contributed by atoms with E-state index in [1.54, 1.807) is 0 Å². The van der Waals surface area contributed by atoms with E-state index in [0.29, 0.717) is 17.9 Å². The summed E-state index contributed by atoms with van der Waals surface area (Å²) in [5.74, 6) is -1.76. The minimum atomic E-state index is -4.84. The number of hydrogen-bond donors (Lipinski definition) is 0. The molecule has 2 heterocycles. The van der Waals surface area contributed by atoms with E-state index in [4.69, 9.17) is 11.6 Å². The van der Waals surface area contributed by atoms with E-state index in [1.165, 1.54) is 5.56 Å². The molecule has 2 aliphatic heterocycles. The summed E-state index contributed by atoms with van der Waals surface area (Å²) in [5.41, 5.74) is 4.07. The van der Waals surface area contributed by atoms with Crippen LogP contribution in [0, 0.1) is 0 Å². The van der Waals surface area contributed by atoms with Gasteiger partial charge < -0.3 is 9.80 Å². The van der Waals surface area contributed by atoms with E-state index >= 15 is 0 Å². The second-order valence-corrected chi connectivity index (χ2v) is 7.99. The minimum Gasteiger partial charge on any atom is -0.363 e. The number of benzene rings is 2. The number of rotatable bonds is 2. The molecule has 0 aromatic heterocycles. The molecule has 1 atom stereocenters. The maximum absolute atomic E-state index is 12.9. The normalized spacial score (nSPS) is 19.8. The van der Waals surface area contributed by atoms with E-state index in [-0.39, 0.29) is 19.1 Å². The number of anilines is 1. The monoisotopic (exact) mass is 422 g/mol. The summed E-state index contributed by atoms with van der Waals surface area (Å²) in [4.78, 5) is 14.9. The van der Waals surface area contributed by atoms with Gasteiger partial charge in [-0.15, -0.1) is 0 Å². The Bertz CT molecular complexity index is 901. The largest absolute Gasteiger partial charge is 0.471 e. The summed E-state index contributed by atoms with van der Waals surface area (Å²) in [6.07, 6.45) is -2.05. The van der Waals surface area contributed by atoms with Crippen molar-refractivity contribution in [3.8, 4) is 0 Å². The van der Waals surface area contributed by atoms with E-state index in [1.807, 2.05) is 30.3 Å². The first kappa shape index (κ1) is 20.1. The van der Waals surface area contributed by atoms with Gasteiger partial charge in [-0.3, -0.25) is 4.79 Å². The van der Waals surface area contributed by atoms with Gasteiger partial charge in [0.2, 0.25) is 0 Å². The van der Waals surface area contributed by atoms with Crippen LogP contribution in [0.2, 0.25) is 5.02 Å². The lowest BCUT2D eigenvalue weighted by molar-refractivity contribution is -0.185. The van der Waals surface area contributed by atoms with Crippen LogP contribution in [0.1, 0.15) is 35.6 Å². The molecule has 0 spiro atoms. The lowest BCUT2D eigenvalue weighted by Crippen LogP contribution is -2.42. The van der Waals surface area contributed by atoms with E-state index in [0.717, 1.165) is 41.1 Å². The highest BCUT2D eigenvalue weighted by molar-refractivity contribution is 6.33. The summed E-state index contributed by atoms with van der Waals surface area (Å²) in [5, 5.41) is 0.613. The van der Waals surface area contributed by atoms with Gasteiger partial charge in [0.15, 0.2) is 0 Å². The summed E-state index contributed by atoms with van der Waals surface area (Å²) < 4.78 is 38.7. The second kappa shape index (κ2) is 7.90. The van der Waals surface area contributed by atoms with Crippen molar-refractivity contribution in [2.45, 2.75) is 37.9 Å². The van der Waals surface area contributed by atoms with Crippen molar-refractivity contribution >= 4 is 23.2 Å². The molecular formula is C22H22ClF3N2O. The Balaban J connectivity index is 1.67. The third kappa shape index (κ3) is 3.95. The Kier molecular flexibility index (Phi) is 5.47. The van der Waals surface area contributed by atoms with Crippen LogP contribution in [0.15, 0.2) is 42.5 Å². The average molecular weight is 423 g/mol. The van der Waals surface area contributed by atoms with Gasteiger partial charge in [-0.25, -0.2) is 0 Å². The van der Waals surface area contributed by atoms with E-state index < -0.39 is 12.1 Å². The molecular weight excluding hydrogens is 401 g/mol. The van der Waals surface area contributed by atoms with Crippen molar-refractivity contribution in [3.63, 3.8) is 0 Å². The molecule has 1 unspecified atom stereocenters. The highest BCUT2D eigenvalue weighted by Gasteiger charge is 2.43. The Labute approximate surface area is 173 Å². The molecule has 3 nitrogen and oxygen atoms in total. The van der Waals surface area contributed by atoms with Crippen molar-refractivity contribution in [1.29, 1.82) is 0 Å². The number of alkyl halides is 3. The SMILES string of the molecule is O=C(N1CCc2ccc(Cl)c(N3CCCC3c3ccccc3)c2CC1)C(F)(F)F. The zero-order valence-electron chi connectivity index (χ0n) is 15.9. The standard InChI is InChI=1S/C22H22ClF3N2O/c23-18-9-8-15-10-13-27(21(29)22(24,25)26)14-11-17(15)20(18)28-12-4-7-19(28)16-5-2-1-3-6-16/h1-3,5-6,8-9,19H,4,7,10-14H2. The van der Waals surface area contributed by atoms with Crippen molar-refractivity contribution in [3.05, 3.63) is 64.2 Å². The molecule has 0 saturated carbocycles. The quantitative estimate of drug-likeness (QED) is 0.666. The Morgan fingerprint density at radius 1 is 1.00 bits per heavy atom. The number of fused-ring (bicyclic) bond motifs is 1. The predicted molar refractivity (Wildman–Crippen MR) is 107 cm³/mol. The molecule has 0 N–H and O–H groups in total. The molecule has 1 fully saturated rings. The molecule has 154 valence electrons. The first-order valence-electron chi connectivity index (χ1n) is 9.84. The highest BCUT2D eigenvalue weighted by atomic mass is 35.5. The molecule has 0 bridgehead atoms.